The standard InChI is InChI=1S/C14H11BrN4/c15-13-8-4-7-12(9-13)14-16-17-18-19(14)10-11-5-2-1-3-6-11/h1-9H,10H2. The van der Waals surface area contributed by atoms with Crippen LogP contribution in [0.1, 0.15) is 5.56 Å². The first kappa shape index (κ1) is 12.0. The minimum absolute atomic E-state index is 0.662. The quantitative estimate of drug-likeness (QED) is 0.746. The van der Waals surface area contributed by atoms with E-state index in [9.17, 15) is 0 Å². The second-order valence-electron chi connectivity index (χ2n) is 4.16. The minimum Gasteiger partial charge on any atom is -0.221 e. The van der Waals surface area contributed by atoms with Gasteiger partial charge in [-0.25, -0.2) is 4.68 Å². The molecule has 0 amide bonds. The van der Waals surface area contributed by atoms with E-state index in [-0.39, 0.29) is 0 Å². The normalized spacial score (nSPS) is 10.6. The summed E-state index contributed by atoms with van der Waals surface area (Å²) in [5.74, 6) is 0.769. The van der Waals surface area contributed by atoms with Crippen molar-refractivity contribution in [3.05, 3.63) is 64.6 Å². The number of aromatic nitrogens is 4. The van der Waals surface area contributed by atoms with Gasteiger partial charge in [-0.05, 0) is 28.1 Å². The zero-order chi connectivity index (χ0) is 13.1. The zero-order valence-corrected chi connectivity index (χ0v) is 11.7. The van der Waals surface area contributed by atoms with Gasteiger partial charge in [0.15, 0.2) is 5.82 Å². The molecule has 0 saturated carbocycles. The van der Waals surface area contributed by atoms with Gasteiger partial charge in [-0.2, -0.15) is 0 Å². The van der Waals surface area contributed by atoms with Gasteiger partial charge in [0.25, 0.3) is 0 Å². The van der Waals surface area contributed by atoms with Crippen molar-refractivity contribution < 1.29 is 0 Å². The Labute approximate surface area is 119 Å². The monoisotopic (exact) mass is 314 g/mol. The van der Waals surface area contributed by atoms with Gasteiger partial charge in [-0.3, -0.25) is 0 Å². The van der Waals surface area contributed by atoms with E-state index in [1.807, 2.05) is 42.5 Å². The molecular formula is C14H11BrN4. The van der Waals surface area contributed by atoms with Gasteiger partial charge in [0.05, 0.1) is 6.54 Å². The van der Waals surface area contributed by atoms with E-state index >= 15 is 0 Å². The number of hydrogen-bond donors (Lipinski definition) is 0. The lowest BCUT2D eigenvalue weighted by Crippen LogP contribution is -2.04. The summed E-state index contributed by atoms with van der Waals surface area (Å²) in [6, 6.07) is 18.1. The van der Waals surface area contributed by atoms with Gasteiger partial charge in [0.1, 0.15) is 0 Å². The van der Waals surface area contributed by atoms with Crippen LogP contribution in [0.15, 0.2) is 59.1 Å². The van der Waals surface area contributed by atoms with Crippen molar-refractivity contribution in [1.29, 1.82) is 0 Å². The second kappa shape index (κ2) is 5.32. The van der Waals surface area contributed by atoms with Crippen molar-refractivity contribution >= 4 is 15.9 Å². The summed E-state index contributed by atoms with van der Waals surface area (Å²) in [5.41, 5.74) is 2.17. The number of rotatable bonds is 3. The fourth-order valence-electron chi connectivity index (χ4n) is 1.90. The van der Waals surface area contributed by atoms with E-state index in [2.05, 4.69) is 43.6 Å². The van der Waals surface area contributed by atoms with Crippen LogP contribution in [0.25, 0.3) is 11.4 Å². The van der Waals surface area contributed by atoms with Crippen LogP contribution in [0.5, 0.6) is 0 Å². The third-order valence-corrected chi connectivity index (χ3v) is 3.28. The second-order valence-corrected chi connectivity index (χ2v) is 5.07. The van der Waals surface area contributed by atoms with Gasteiger partial charge < -0.3 is 0 Å². The summed E-state index contributed by atoms with van der Waals surface area (Å²) >= 11 is 3.46. The molecule has 3 aromatic rings. The molecule has 2 aromatic carbocycles. The highest BCUT2D eigenvalue weighted by Crippen LogP contribution is 2.20. The van der Waals surface area contributed by atoms with Gasteiger partial charge >= 0.3 is 0 Å². The Morgan fingerprint density at radius 3 is 2.63 bits per heavy atom. The molecule has 4 nitrogen and oxygen atoms in total. The van der Waals surface area contributed by atoms with Crippen LogP contribution in [0, 0.1) is 0 Å². The van der Waals surface area contributed by atoms with Crippen LogP contribution in [-0.4, -0.2) is 20.2 Å². The molecule has 0 N–H and O–H groups in total. The molecule has 1 aromatic heterocycles. The Morgan fingerprint density at radius 2 is 1.84 bits per heavy atom. The Hall–Kier alpha value is -2.01. The summed E-state index contributed by atoms with van der Waals surface area (Å²) < 4.78 is 2.82. The van der Waals surface area contributed by atoms with Crippen LogP contribution < -0.4 is 0 Å². The number of nitrogens with zero attached hydrogens (tertiary/aromatic N) is 4. The smallest absolute Gasteiger partial charge is 0.182 e. The molecule has 0 aliphatic heterocycles. The summed E-state index contributed by atoms with van der Waals surface area (Å²) in [6.07, 6.45) is 0. The van der Waals surface area contributed by atoms with Crippen molar-refractivity contribution in [1.82, 2.24) is 20.2 Å². The van der Waals surface area contributed by atoms with Gasteiger partial charge in [0.2, 0.25) is 0 Å². The highest BCUT2D eigenvalue weighted by Gasteiger charge is 2.09. The third-order valence-electron chi connectivity index (χ3n) is 2.79. The first-order chi connectivity index (χ1) is 9.33. The first-order valence-electron chi connectivity index (χ1n) is 5.89. The van der Waals surface area contributed by atoms with Crippen LogP contribution in [0.4, 0.5) is 0 Å². The molecule has 0 saturated heterocycles. The third kappa shape index (κ3) is 2.71. The molecule has 0 aliphatic carbocycles. The van der Waals surface area contributed by atoms with Gasteiger partial charge in [-0.1, -0.05) is 58.4 Å². The molecule has 0 aliphatic rings. The highest BCUT2D eigenvalue weighted by molar-refractivity contribution is 9.10. The van der Waals surface area contributed by atoms with Crippen molar-refractivity contribution in [2.75, 3.05) is 0 Å². The largest absolute Gasteiger partial charge is 0.221 e. The lowest BCUT2D eigenvalue weighted by Gasteiger charge is -2.05. The SMILES string of the molecule is Brc1cccc(-c2nnnn2Cc2ccccc2)c1. The molecule has 5 heteroatoms. The van der Waals surface area contributed by atoms with Gasteiger partial charge in [-0.15, -0.1) is 5.10 Å². The Morgan fingerprint density at radius 1 is 1.00 bits per heavy atom. The molecular weight excluding hydrogens is 304 g/mol. The van der Waals surface area contributed by atoms with E-state index in [1.165, 1.54) is 5.56 Å². The summed E-state index contributed by atoms with van der Waals surface area (Å²) in [5, 5.41) is 11.9. The molecule has 1 heterocycles. The fourth-order valence-corrected chi connectivity index (χ4v) is 2.30. The van der Waals surface area contributed by atoms with Crippen molar-refractivity contribution in [2.45, 2.75) is 6.54 Å². The van der Waals surface area contributed by atoms with Crippen molar-refractivity contribution in [3.63, 3.8) is 0 Å². The average Bonchev–Trinajstić information content (AvgIpc) is 2.88. The van der Waals surface area contributed by atoms with Crippen LogP contribution in [-0.2, 0) is 6.54 Å². The van der Waals surface area contributed by atoms with E-state index in [0.717, 1.165) is 15.9 Å². The number of tetrazole rings is 1. The maximum atomic E-state index is 4.10. The Bertz CT molecular complexity index is 679. The lowest BCUT2D eigenvalue weighted by atomic mass is 10.2. The highest BCUT2D eigenvalue weighted by atomic mass is 79.9. The van der Waals surface area contributed by atoms with Crippen LogP contribution in [0.3, 0.4) is 0 Å². The fraction of sp³-hybridized carbons (Fsp3) is 0.0714. The predicted molar refractivity (Wildman–Crippen MR) is 76.5 cm³/mol. The number of halogens is 1. The van der Waals surface area contributed by atoms with Crippen LogP contribution >= 0.6 is 15.9 Å². The maximum Gasteiger partial charge on any atom is 0.182 e. The Balaban J connectivity index is 1.95. The molecule has 0 spiro atoms. The molecule has 3 rings (SSSR count). The van der Waals surface area contributed by atoms with Crippen molar-refractivity contribution in [2.24, 2.45) is 0 Å². The maximum absolute atomic E-state index is 4.10. The molecule has 19 heavy (non-hydrogen) atoms. The molecule has 0 atom stereocenters. The van der Waals surface area contributed by atoms with E-state index < -0.39 is 0 Å². The average molecular weight is 315 g/mol. The van der Waals surface area contributed by atoms with E-state index in [1.54, 1.807) is 4.68 Å². The van der Waals surface area contributed by atoms with Crippen LogP contribution in [0.2, 0.25) is 0 Å². The minimum atomic E-state index is 0.662. The molecule has 94 valence electrons. The summed E-state index contributed by atoms with van der Waals surface area (Å²) in [4.78, 5) is 0. The molecule has 0 unspecified atom stereocenters. The number of hydrogen-bond acceptors (Lipinski definition) is 3. The van der Waals surface area contributed by atoms with E-state index in [4.69, 9.17) is 0 Å². The molecule has 0 bridgehead atoms. The van der Waals surface area contributed by atoms with Gasteiger partial charge in [0, 0.05) is 10.0 Å². The Kier molecular flexibility index (Phi) is 3.37. The molecule has 0 fully saturated rings. The lowest BCUT2D eigenvalue weighted by molar-refractivity contribution is 0.653. The molecule has 0 radical (unpaired) electrons. The first-order valence-corrected chi connectivity index (χ1v) is 6.68. The topological polar surface area (TPSA) is 43.6 Å². The summed E-state index contributed by atoms with van der Waals surface area (Å²) in [6.45, 7) is 0.662. The van der Waals surface area contributed by atoms with E-state index in [0.29, 0.717) is 6.54 Å². The van der Waals surface area contributed by atoms with Crippen molar-refractivity contribution in [3.8, 4) is 11.4 Å². The predicted octanol–water partition coefficient (Wildman–Crippen LogP) is 3.15. The zero-order valence-electron chi connectivity index (χ0n) is 10.1. The number of benzene rings is 2. The summed E-state index contributed by atoms with van der Waals surface area (Å²) in [7, 11) is 0.